The number of halogens is 1. The van der Waals surface area contributed by atoms with Crippen LogP contribution in [0.3, 0.4) is 0 Å². The van der Waals surface area contributed by atoms with Crippen LogP contribution < -0.4 is 20.5 Å². The zero-order chi connectivity index (χ0) is 19.4. The van der Waals surface area contributed by atoms with Crippen molar-refractivity contribution in [3.05, 3.63) is 59.9 Å². The number of benzene rings is 2. The van der Waals surface area contributed by atoms with Crippen LogP contribution in [0.4, 0.5) is 10.1 Å². The first-order chi connectivity index (χ1) is 13.0. The molecule has 2 aromatic rings. The summed E-state index contributed by atoms with van der Waals surface area (Å²) >= 11 is 0. The van der Waals surface area contributed by atoms with Gasteiger partial charge in [0.15, 0.2) is 0 Å². The van der Waals surface area contributed by atoms with Crippen LogP contribution in [-0.2, 0) is 9.59 Å². The molecule has 0 bridgehead atoms. The second-order valence-electron chi connectivity index (χ2n) is 5.86. The first-order valence-corrected chi connectivity index (χ1v) is 8.40. The third-order valence-electron chi connectivity index (χ3n) is 4.00. The zero-order valence-electron chi connectivity index (χ0n) is 14.6. The summed E-state index contributed by atoms with van der Waals surface area (Å²) in [7, 11) is 0. The minimum absolute atomic E-state index is 0.0997. The molecule has 0 unspecified atom stereocenters. The molecule has 3 rings (SSSR count). The number of nitrogens with zero attached hydrogens (tertiary/aromatic N) is 1. The van der Waals surface area contributed by atoms with E-state index >= 15 is 0 Å². The Hall–Kier alpha value is -3.26. The third kappa shape index (κ3) is 4.12. The number of amides is 3. The third-order valence-corrected chi connectivity index (χ3v) is 4.00. The predicted molar refractivity (Wildman–Crippen MR) is 95.5 cm³/mol. The van der Waals surface area contributed by atoms with E-state index in [0.717, 1.165) is 11.0 Å². The van der Waals surface area contributed by atoms with E-state index in [2.05, 4.69) is 10.9 Å². The van der Waals surface area contributed by atoms with Gasteiger partial charge in [-0.15, -0.1) is 0 Å². The number of hydrogen-bond acceptors (Lipinski definition) is 5. The van der Waals surface area contributed by atoms with E-state index < -0.39 is 23.7 Å². The number of imide groups is 1. The van der Waals surface area contributed by atoms with E-state index in [0.29, 0.717) is 18.0 Å². The summed E-state index contributed by atoms with van der Waals surface area (Å²) in [5, 5.41) is 0. The highest BCUT2D eigenvalue weighted by Gasteiger charge is 2.39. The Labute approximate surface area is 155 Å². The molecule has 0 spiro atoms. The number of carbonyl (C=O) groups excluding carboxylic acids is 3. The van der Waals surface area contributed by atoms with Crippen molar-refractivity contribution in [2.24, 2.45) is 0 Å². The number of anilines is 1. The van der Waals surface area contributed by atoms with Crippen LogP contribution in [0.15, 0.2) is 48.5 Å². The van der Waals surface area contributed by atoms with Gasteiger partial charge in [-0.2, -0.15) is 0 Å². The standard InChI is InChI=1S/C19H18FN3O4/c1-2-27-15-8-6-14(7-9-15)23-17(24)11-16(19(23)26)21-22-18(25)12-4-3-5-13(20)10-12/h3-10,16,21H,2,11H2,1H3,(H,22,25)/t16-/m0/s1. The van der Waals surface area contributed by atoms with Gasteiger partial charge in [-0.05, 0) is 49.4 Å². The van der Waals surface area contributed by atoms with Crippen molar-refractivity contribution in [1.29, 1.82) is 0 Å². The highest BCUT2D eigenvalue weighted by Crippen LogP contribution is 2.25. The minimum atomic E-state index is -0.901. The minimum Gasteiger partial charge on any atom is -0.494 e. The molecule has 1 aliphatic rings. The van der Waals surface area contributed by atoms with Gasteiger partial charge in [0, 0.05) is 5.56 Å². The fourth-order valence-electron chi connectivity index (χ4n) is 2.73. The number of hydrogen-bond donors (Lipinski definition) is 2. The highest BCUT2D eigenvalue weighted by atomic mass is 19.1. The molecular weight excluding hydrogens is 353 g/mol. The van der Waals surface area contributed by atoms with Gasteiger partial charge in [-0.3, -0.25) is 19.8 Å². The quantitative estimate of drug-likeness (QED) is 0.597. The highest BCUT2D eigenvalue weighted by molar-refractivity contribution is 6.22. The first-order valence-electron chi connectivity index (χ1n) is 8.40. The number of ether oxygens (including phenoxy) is 1. The number of rotatable bonds is 6. The first kappa shape index (κ1) is 18.5. The molecule has 2 aromatic carbocycles. The Balaban J connectivity index is 1.64. The van der Waals surface area contributed by atoms with Crippen LogP contribution in [0.2, 0.25) is 0 Å². The molecule has 0 aromatic heterocycles. The lowest BCUT2D eigenvalue weighted by Crippen LogP contribution is -2.48. The maximum atomic E-state index is 13.2. The number of carbonyl (C=O) groups is 3. The zero-order valence-corrected chi connectivity index (χ0v) is 14.6. The Bertz CT molecular complexity index is 870. The fraction of sp³-hybridized carbons (Fsp3) is 0.211. The second-order valence-corrected chi connectivity index (χ2v) is 5.86. The molecule has 140 valence electrons. The molecule has 1 heterocycles. The maximum absolute atomic E-state index is 13.2. The summed E-state index contributed by atoms with van der Waals surface area (Å²) in [6.45, 7) is 2.37. The van der Waals surface area contributed by atoms with Crippen LogP contribution >= 0.6 is 0 Å². The molecule has 27 heavy (non-hydrogen) atoms. The van der Waals surface area contributed by atoms with Crippen molar-refractivity contribution in [3.8, 4) is 5.75 Å². The summed E-state index contributed by atoms with van der Waals surface area (Å²) in [6.07, 6.45) is -0.102. The topological polar surface area (TPSA) is 87.7 Å². The molecule has 1 aliphatic heterocycles. The van der Waals surface area contributed by atoms with Gasteiger partial charge in [0.2, 0.25) is 5.91 Å². The van der Waals surface area contributed by atoms with Crippen LogP contribution in [-0.4, -0.2) is 30.4 Å². The smallest absolute Gasteiger partial charge is 0.265 e. The van der Waals surface area contributed by atoms with Crippen LogP contribution in [0.25, 0.3) is 0 Å². The molecule has 8 heteroatoms. The van der Waals surface area contributed by atoms with Crippen molar-refractivity contribution >= 4 is 23.4 Å². The lowest BCUT2D eigenvalue weighted by Gasteiger charge is -2.16. The number of nitrogens with one attached hydrogen (secondary N) is 2. The van der Waals surface area contributed by atoms with Gasteiger partial charge in [0.05, 0.1) is 18.7 Å². The Morgan fingerprint density at radius 3 is 2.63 bits per heavy atom. The lowest BCUT2D eigenvalue weighted by molar-refractivity contribution is -0.121. The molecule has 0 saturated carbocycles. The Morgan fingerprint density at radius 2 is 1.96 bits per heavy atom. The van der Waals surface area contributed by atoms with Gasteiger partial charge < -0.3 is 4.74 Å². The van der Waals surface area contributed by atoms with E-state index in [1.807, 2.05) is 6.92 Å². The van der Waals surface area contributed by atoms with Gasteiger partial charge in [0.25, 0.3) is 11.8 Å². The van der Waals surface area contributed by atoms with Crippen molar-refractivity contribution in [2.75, 3.05) is 11.5 Å². The molecule has 1 atom stereocenters. The summed E-state index contributed by atoms with van der Waals surface area (Å²) in [4.78, 5) is 37.9. The van der Waals surface area contributed by atoms with E-state index in [4.69, 9.17) is 4.74 Å². The van der Waals surface area contributed by atoms with E-state index in [1.165, 1.54) is 18.2 Å². The van der Waals surface area contributed by atoms with E-state index in [1.54, 1.807) is 24.3 Å². The monoisotopic (exact) mass is 371 g/mol. The average molecular weight is 371 g/mol. The fourth-order valence-corrected chi connectivity index (χ4v) is 2.73. The van der Waals surface area contributed by atoms with Gasteiger partial charge in [-0.25, -0.2) is 14.7 Å². The predicted octanol–water partition coefficient (Wildman–Crippen LogP) is 1.79. The maximum Gasteiger partial charge on any atom is 0.265 e. The molecule has 3 amide bonds. The van der Waals surface area contributed by atoms with E-state index in [-0.39, 0.29) is 17.9 Å². The summed E-state index contributed by atoms with van der Waals surface area (Å²) in [5.74, 6) is -1.38. The van der Waals surface area contributed by atoms with Crippen molar-refractivity contribution in [2.45, 2.75) is 19.4 Å². The van der Waals surface area contributed by atoms with Gasteiger partial charge in [0.1, 0.15) is 17.6 Å². The Morgan fingerprint density at radius 1 is 1.22 bits per heavy atom. The summed E-state index contributed by atoms with van der Waals surface area (Å²) in [5.41, 5.74) is 5.42. The van der Waals surface area contributed by atoms with Crippen molar-refractivity contribution in [1.82, 2.24) is 10.9 Å². The second kappa shape index (κ2) is 7.96. The molecule has 2 N–H and O–H groups in total. The van der Waals surface area contributed by atoms with Crippen molar-refractivity contribution in [3.63, 3.8) is 0 Å². The molecule has 1 saturated heterocycles. The van der Waals surface area contributed by atoms with Crippen LogP contribution in [0.5, 0.6) is 5.75 Å². The molecule has 0 aliphatic carbocycles. The number of hydrazine groups is 1. The van der Waals surface area contributed by atoms with Gasteiger partial charge >= 0.3 is 0 Å². The van der Waals surface area contributed by atoms with Crippen LogP contribution in [0.1, 0.15) is 23.7 Å². The molecule has 7 nitrogen and oxygen atoms in total. The molecular formula is C19H18FN3O4. The SMILES string of the molecule is CCOc1ccc(N2C(=O)C[C@H](NNC(=O)c3cccc(F)c3)C2=O)cc1. The average Bonchev–Trinajstić information content (AvgIpc) is 2.94. The summed E-state index contributed by atoms with van der Waals surface area (Å²) in [6, 6.07) is 10.8. The lowest BCUT2D eigenvalue weighted by atomic mass is 10.2. The normalized spacial score (nSPS) is 16.5. The molecule has 0 radical (unpaired) electrons. The Kier molecular flexibility index (Phi) is 5.46. The van der Waals surface area contributed by atoms with Crippen LogP contribution in [0, 0.1) is 5.82 Å². The summed E-state index contributed by atoms with van der Waals surface area (Å²) < 4.78 is 18.5. The largest absolute Gasteiger partial charge is 0.494 e. The van der Waals surface area contributed by atoms with E-state index in [9.17, 15) is 18.8 Å². The molecule has 1 fully saturated rings. The van der Waals surface area contributed by atoms with Crippen molar-refractivity contribution < 1.29 is 23.5 Å². The van der Waals surface area contributed by atoms with Gasteiger partial charge in [-0.1, -0.05) is 6.07 Å².